The maximum absolute atomic E-state index is 4.89. The summed E-state index contributed by atoms with van der Waals surface area (Å²) in [4.78, 5) is 7.36. The van der Waals surface area contributed by atoms with Crippen molar-refractivity contribution in [2.75, 3.05) is 19.6 Å². The first-order chi connectivity index (χ1) is 11.7. The van der Waals surface area contributed by atoms with Crippen LogP contribution < -0.4 is 0 Å². The lowest BCUT2D eigenvalue weighted by molar-refractivity contribution is 0.294. The van der Waals surface area contributed by atoms with Crippen LogP contribution in [0.25, 0.3) is 22.4 Å². The largest absolute Gasteiger partial charge is 0.324 e. The van der Waals surface area contributed by atoms with Gasteiger partial charge in [0.25, 0.3) is 0 Å². The van der Waals surface area contributed by atoms with E-state index in [0.717, 1.165) is 54.0 Å². The number of fused-ring (bicyclic) bond motifs is 1. The van der Waals surface area contributed by atoms with Gasteiger partial charge in [-0.2, -0.15) is 0 Å². The first kappa shape index (κ1) is 17.2. The molecule has 2 aromatic carbocycles. The zero-order valence-electron chi connectivity index (χ0n) is 14.4. The normalized spacial score (nSPS) is 11.5. The number of hydrogen-bond acceptors (Lipinski definition) is 2. The van der Waals surface area contributed by atoms with Crippen molar-refractivity contribution in [2.45, 2.75) is 26.8 Å². The summed E-state index contributed by atoms with van der Waals surface area (Å²) in [5.74, 6) is 1.05. The summed E-state index contributed by atoms with van der Waals surface area (Å²) in [6, 6.07) is 16.8. The fourth-order valence-electron chi connectivity index (χ4n) is 3.14. The van der Waals surface area contributed by atoms with E-state index in [2.05, 4.69) is 87.8 Å². The molecule has 126 valence electrons. The molecule has 0 N–H and O–H groups in total. The number of aromatic nitrogens is 2. The Morgan fingerprint density at radius 3 is 2.58 bits per heavy atom. The third kappa shape index (κ3) is 3.70. The van der Waals surface area contributed by atoms with Crippen molar-refractivity contribution >= 4 is 27.0 Å². The van der Waals surface area contributed by atoms with Gasteiger partial charge in [0.15, 0.2) is 0 Å². The number of hydrogen-bond donors (Lipinski definition) is 0. The fourth-order valence-corrected chi connectivity index (χ4v) is 3.54. The second kappa shape index (κ2) is 7.95. The highest BCUT2D eigenvalue weighted by molar-refractivity contribution is 9.10. The Balaban J connectivity index is 1.93. The highest BCUT2D eigenvalue weighted by atomic mass is 79.9. The Morgan fingerprint density at radius 1 is 1.04 bits per heavy atom. The number of nitrogens with zero attached hydrogens (tertiary/aromatic N) is 3. The monoisotopic (exact) mass is 385 g/mol. The van der Waals surface area contributed by atoms with Crippen molar-refractivity contribution in [1.82, 2.24) is 14.5 Å². The van der Waals surface area contributed by atoms with Crippen LogP contribution in [0.5, 0.6) is 0 Å². The van der Waals surface area contributed by atoms with Crippen molar-refractivity contribution in [3.8, 4) is 11.4 Å². The van der Waals surface area contributed by atoms with E-state index >= 15 is 0 Å². The summed E-state index contributed by atoms with van der Waals surface area (Å²) in [6.45, 7) is 8.78. The molecule has 0 aliphatic heterocycles. The minimum Gasteiger partial charge on any atom is -0.324 e. The molecule has 0 fully saturated rings. The van der Waals surface area contributed by atoms with E-state index in [1.165, 1.54) is 5.52 Å². The number of aryl methyl sites for hydroxylation is 1. The molecule has 3 rings (SSSR count). The molecular weight excluding hydrogens is 362 g/mol. The molecule has 0 atom stereocenters. The number of halogens is 1. The smallest absolute Gasteiger partial charge is 0.141 e. The topological polar surface area (TPSA) is 21.1 Å². The molecule has 24 heavy (non-hydrogen) atoms. The molecule has 4 heteroatoms. The Kier molecular flexibility index (Phi) is 5.69. The first-order valence-electron chi connectivity index (χ1n) is 8.66. The van der Waals surface area contributed by atoms with E-state index in [0.29, 0.717) is 0 Å². The van der Waals surface area contributed by atoms with Crippen LogP contribution in [0.3, 0.4) is 0 Å². The molecule has 0 saturated carbocycles. The van der Waals surface area contributed by atoms with Crippen LogP contribution in [0.4, 0.5) is 0 Å². The highest BCUT2D eigenvalue weighted by Crippen LogP contribution is 2.27. The number of para-hydroxylation sites is 2. The van der Waals surface area contributed by atoms with E-state index in [9.17, 15) is 0 Å². The van der Waals surface area contributed by atoms with Gasteiger partial charge >= 0.3 is 0 Å². The van der Waals surface area contributed by atoms with Crippen molar-refractivity contribution in [1.29, 1.82) is 0 Å². The minimum absolute atomic E-state index is 0.985. The van der Waals surface area contributed by atoms with E-state index in [1.54, 1.807) is 0 Å². The predicted molar refractivity (Wildman–Crippen MR) is 105 cm³/mol. The lowest BCUT2D eigenvalue weighted by atomic mass is 10.2. The molecule has 0 amide bonds. The number of rotatable bonds is 7. The SMILES string of the molecule is CCN(CC)CCCn1c(-c2cccc(Br)c2)nc2ccccc21. The molecular formula is C20H24BrN3. The van der Waals surface area contributed by atoms with Crippen LogP contribution >= 0.6 is 15.9 Å². The van der Waals surface area contributed by atoms with Gasteiger partial charge in [-0.3, -0.25) is 0 Å². The van der Waals surface area contributed by atoms with Gasteiger partial charge in [-0.15, -0.1) is 0 Å². The van der Waals surface area contributed by atoms with Gasteiger partial charge in [0.2, 0.25) is 0 Å². The van der Waals surface area contributed by atoms with Crippen LogP contribution in [0, 0.1) is 0 Å². The van der Waals surface area contributed by atoms with Crippen LogP contribution in [0.15, 0.2) is 53.0 Å². The minimum atomic E-state index is 0.985. The number of imidazole rings is 1. The molecule has 3 aromatic rings. The summed E-state index contributed by atoms with van der Waals surface area (Å²) < 4.78 is 3.45. The van der Waals surface area contributed by atoms with E-state index in [1.807, 2.05) is 0 Å². The second-order valence-corrected chi connectivity index (χ2v) is 6.88. The molecule has 1 heterocycles. The molecule has 3 nitrogen and oxygen atoms in total. The number of benzene rings is 2. The molecule has 0 radical (unpaired) electrons. The summed E-state index contributed by atoms with van der Waals surface area (Å²) in [6.07, 6.45) is 1.13. The fraction of sp³-hybridized carbons (Fsp3) is 0.350. The summed E-state index contributed by atoms with van der Waals surface area (Å²) >= 11 is 3.57. The Bertz CT molecular complexity index is 806. The first-order valence-corrected chi connectivity index (χ1v) is 9.45. The molecule has 0 bridgehead atoms. The van der Waals surface area contributed by atoms with Crippen molar-refractivity contribution in [2.24, 2.45) is 0 Å². The van der Waals surface area contributed by atoms with Crippen LogP contribution in [0.2, 0.25) is 0 Å². The van der Waals surface area contributed by atoms with Gasteiger partial charge in [-0.1, -0.05) is 54.0 Å². The van der Waals surface area contributed by atoms with Crippen LogP contribution in [0.1, 0.15) is 20.3 Å². The molecule has 0 aliphatic rings. The second-order valence-electron chi connectivity index (χ2n) is 5.97. The zero-order valence-corrected chi connectivity index (χ0v) is 16.0. The van der Waals surface area contributed by atoms with Gasteiger partial charge < -0.3 is 9.47 Å². The van der Waals surface area contributed by atoms with E-state index in [4.69, 9.17) is 4.98 Å². The quantitative estimate of drug-likeness (QED) is 0.557. The standard InChI is InChI=1S/C20H24BrN3/c1-3-23(4-2)13-8-14-24-19-12-6-5-11-18(19)22-20(24)16-9-7-10-17(21)15-16/h5-7,9-12,15H,3-4,8,13-14H2,1-2H3. The Hall–Kier alpha value is -1.65. The van der Waals surface area contributed by atoms with Gasteiger partial charge in [-0.05, 0) is 50.3 Å². The van der Waals surface area contributed by atoms with Gasteiger partial charge in [-0.25, -0.2) is 4.98 Å². The van der Waals surface area contributed by atoms with Crippen molar-refractivity contribution < 1.29 is 0 Å². The highest BCUT2D eigenvalue weighted by Gasteiger charge is 2.12. The zero-order chi connectivity index (χ0) is 16.9. The summed E-state index contributed by atoms with van der Waals surface area (Å²) in [5.41, 5.74) is 3.44. The molecule has 0 spiro atoms. The van der Waals surface area contributed by atoms with Crippen molar-refractivity contribution in [3.63, 3.8) is 0 Å². The molecule has 0 unspecified atom stereocenters. The molecule has 0 aliphatic carbocycles. The average Bonchev–Trinajstić information content (AvgIpc) is 2.97. The lowest BCUT2D eigenvalue weighted by Crippen LogP contribution is -2.24. The van der Waals surface area contributed by atoms with E-state index in [-0.39, 0.29) is 0 Å². The third-order valence-electron chi connectivity index (χ3n) is 4.49. The van der Waals surface area contributed by atoms with Crippen molar-refractivity contribution in [3.05, 3.63) is 53.0 Å². The van der Waals surface area contributed by atoms with E-state index < -0.39 is 0 Å². The van der Waals surface area contributed by atoms with Gasteiger partial charge in [0.05, 0.1) is 11.0 Å². The van der Waals surface area contributed by atoms with Crippen LogP contribution in [-0.2, 0) is 6.54 Å². The van der Waals surface area contributed by atoms with Gasteiger partial charge in [0.1, 0.15) is 5.82 Å². The maximum atomic E-state index is 4.89. The molecule has 1 aromatic heterocycles. The summed E-state index contributed by atoms with van der Waals surface area (Å²) in [5, 5.41) is 0. The third-order valence-corrected chi connectivity index (χ3v) is 4.98. The Labute approximate surface area is 152 Å². The average molecular weight is 386 g/mol. The maximum Gasteiger partial charge on any atom is 0.141 e. The predicted octanol–water partition coefficient (Wildman–Crippen LogP) is 5.20. The van der Waals surface area contributed by atoms with Crippen LogP contribution in [-0.4, -0.2) is 34.1 Å². The lowest BCUT2D eigenvalue weighted by Gasteiger charge is -2.18. The van der Waals surface area contributed by atoms with Gasteiger partial charge in [0, 0.05) is 16.6 Å². The molecule has 0 saturated heterocycles. The summed E-state index contributed by atoms with van der Waals surface area (Å²) in [7, 11) is 0. The Morgan fingerprint density at radius 2 is 1.83 bits per heavy atom.